The van der Waals surface area contributed by atoms with Crippen molar-refractivity contribution in [2.75, 3.05) is 7.05 Å². The fraction of sp³-hybridized carbons (Fsp3) is 0.400. The molecule has 0 spiro atoms. The molecule has 2 aromatic rings. The largest absolute Gasteiger partial charge is 0.311 e. The molecule has 5 heteroatoms. The highest BCUT2D eigenvalue weighted by Crippen LogP contribution is 2.22. The predicted molar refractivity (Wildman–Crippen MR) is 74.4 cm³/mol. The lowest BCUT2D eigenvalue weighted by Gasteiger charge is -2.18. The Labute approximate surface area is 117 Å². The molecule has 0 aliphatic heterocycles. The van der Waals surface area contributed by atoms with E-state index in [9.17, 15) is 8.78 Å². The van der Waals surface area contributed by atoms with Crippen LogP contribution in [0.25, 0.3) is 0 Å². The molecule has 0 radical (unpaired) electrons. The normalized spacial score (nSPS) is 12.6. The molecular formula is C15H19F2N3. The summed E-state index contributed by atoms with van der Waals surface area (Å²) >= 11 is 0. The Morgan fingerprint density at radius 2 is 1.95 bits per heavy atom. The van der Waals surface area contributed by atoms with Crippen LogP contribution in [0.1, 0.15) is 30.6 Å². The van der Waals surface area contributed by atoms with Gasteiger partial charge in [-0.1, -0.05) is 13.0 Å². The Bertz CT molecular complexity index is 546. The summed E-state index contributed by atoms with van der Waals surface area (Å²) in [5, 5.41) is 7.36. The van der Waals surface area contributed by atoms with E-state index in [4.69, 9.17) is 0 Å². The van der Waals surface area contributed by atoms with E-state index < -0.39 is 11.6 Å². The first-order valence-electron chi connectivity index (χ1n) is 6.79. The van der Waals surface area contributed by atoms with Crippen LogP contribution in [0.3, 0.4) is 0 Å². The van der Waals surface area contributed by atoms with Gasteiger partial charge in [0.25, 0.3) is 0 Å². The lowest BCUT2D eigenvalue weighted by Crippen LogP contribution is -2.23. The molecule has 1 aromatic carbocycles. The van der Waals surface area contributed by atoms with Gasteiger partial charge in [-0.25, -0.2) is 8.78 Å². The number of aryl methyl sites for hydroxylation is 1. The summed E-state index contributed by atoms with van der Waals surface area (Å²) < 4.78 is 29.4. The Balaban J connectivity index is 2.27. The molecule has 0 saturated carbocycles. The van der Waals surface area contributed by atoms with Crippen LogP contribution in [0.5, 0.6) is 0 Å². The van der Waals surface area contributed by atoms with Crippen LogP contribution in [-0.4, -0.2) is 16.8 Å². The van der Waals surface area contributed by atoms with Crippen LogP contribution in [0.2, 0.25) is 0 Å². The number of benzene rings is 1. The SMILES string of the molecule is CCCn1nccc1C(Cc1c(F)cccc1F)NC. The van der Waals surface area contributed by atoms with E-state index in [1.54, 1.807) is 13.2 Å². The van der Waals surface area contributed by atoms with Crippen molar-refractivity contribution in [1.82, 2.24) is 15.1 Å². The maximum Gasteiger partial charge on any atom is 0.129 e. The quantitative estimate of drug-likeness (QED) is 0.880. The zero-order valence-corrected chi connectivity index (χ0v) is 11.7. The number of aromatic nitrogens is 2. The molecule has 0 aliphatic carbocycles. The minimum absolute atomic E-state index is 0.107. The van der Waals surface area contributed by atoms with Gasteiger partial charge in [-0.3, -0.25) is 4.68 Å². The zero-order chi connectivity index (χ0) is 14.5. The van der Waals surface area contributed by atoms with Crippen molar-refractivity contribution in [2.45, 2.75) is 32.4 Å². The van der Waals surface area contributed by atoms with E-state index in [1.807, 2.05) is 10.7 Å². The number of hydrogen-bond acceptors (Lipinski definition) is 2. The van der Waals surface area contributed by atoms with Gasteiger partial charge in [0, 0.05) is 18.3 Å². The van der Waals surface area contributed by atoms with Crippen molar-refractivity contribution >= 4 is 0 Å². The highest BCUT2D eigenvalue weighted by Gasteiger charge is 2.19. The molecule has 2 rings (SSSR count). The molecule has 1 aromatic heterocycles. The van der Waals surface area contributed by atoms with Crippen LogP contribution >= 0.6 is 0 Å². The first-order chi connectivity index (χ1) is 9.67. The fourth-order valence-electron chi connectivity index (χ4n) is 2.32. The minimum atomic E-state index is -0.508. The third-order valence-corrected chi connectivity index (χ3v) is 3.36. The van der Waals surface area contributed by atoms with E-state index in [0.29, 0.717) is 0 Å². The number of nitrogens with one attached hydrogen (secondary N) is 1. The van der Waals surface area contributed by atoms with Crippen LogP contribution in [0, 0.1) is 11.6 Å². The van der Waals surface area contributed by atoms with Gasteiger partial charge in [-0.05, 0) is 38.1 Å². The van der Waals surface area contributed by atoms with Crippen molar-refractivity contribution in [1.29, 1.82) is 0 Å². The molecule has 0 bridgehead atoms. The molecular weight excluding hydrogens is 260 g/mol. The standard InChI is InChI=1S/C15H19F2N3/c1-3-9-20-15(7-8-19-20)14(18-2)10-11-12(16)5-4-6-13(11)17/h4-8,14,18H,3,9-10H2,1-2H3. The van der Waals surface area contributed by atoms with Crippen molar-refractivity contribution in [3.63, 3.8) is 0 Å². The Hall–Kier alpha value is -1.75. The second-order valence-corrected chi connectivity index (χ2v) is 4.72. The Kier molecular flexibility index (Phi) is 4.84. The van der Waals surface area contributed by atoms with Gasteiger partial charge in [0.15, 0.2) is 0 Å². The number of halogens is 2. The Morgan fingerprint density at radius 3 is 2.55 bits per heavy atom. The molecule has 1 atom stereocenters. The molecule has 0 amide bonds. The van der Waals surface area contributed by atoms with Gasteiger partial charge < -0.3 is 5.32 Å². The zero-order valence-electron chi connectivity index (χ0n) is 11.7. The topological polar surface area (TPSA) is 29.9 Å². The lowest BCUT2D eigenvalue weighted by atomic mass is 10.0. The summed E-state index contributed by atoms with van der Waals surface area (Å²) in [5.41, 5.74) is 1.05. The third kappa shape index (κ3) is 3.04. The van der Waals surface area contributed by atoms with Crippen LogP contribution < -0.4 is 5.32 Å². The van der Waals surface area contributed by atoms with Gasteiger partial charge in [0.05, 0.1) is 11.7 Å². The van der Waals surface area contributed by atoms with E-state index in [2.05, 4.69) is 17.3 Å². The first kappa shape index (κ1) is 14.7. The average Bonchev–Trinajstić information content (AvgIpc) is 2.87. The maximum absolute atomic E-state index is 13.7. The van der Waals surface area contributed by atoms with Gasteiger partial charge in [0.1, 0.15) is 11.6 Å². The summed E-state index contributed by atoms with van der Waals surface area (Å²) in [4.78, 5) is 0. The highest BCUT2D eigenvalue weighted by molar-refractivity contribution is 5.23. The minimum Gasteiger partial charge on any atom is -0.311 e. The second kappa shape index (κ2) is 6.61. The Morgan fingerprint density at radius 1 is 1.25 bits per heavy atom. The van der Waals surface area contributed by atoms with Gasteiger partial charge in [-0.15, -0.1) is 0 Å². The number of hydrogen-bond donors (Lipinski definition) is 1. The second-order valence-electron chi connectivity index (χ2n) is 4.72. The third-order valence-electron chi connectivity index (χ3n) is 3.36. The van der Waals surface area contributed by atoms with Gasteiger partial charge >= 0.3 is 0 Å². The number of nitrogens with zero attached hydrogens (tertiary/aromatic N) is 2. The predicted octanol–water partition coefficient (Wildman–Crippen LogP) is 3.07. The van der Waals surface area contributed by atoms with Gasteiger partial charge in [0.2, 0.25) is 0 Å². The number of likely N-dealkylation sites (N-methyl/N-ethyl adjacent to an activating group) is 1. The molecule has 3 nitrogen and oxygen atoms in total. The summed E-state index contributed by atoms with van der Waals surface area (Å²) in [6, 6.07) is 5.66. The molecule has 1 unspecified atom stereocenters. The first-order valence-corrected chi connectivity index (χ1v) is 6.79. The highest BCUT2D eigenvalue weighted by atomic mass is 19.1. The van der Waals surface area contributed by atoms with E-state index in [-0.39, 0.29) is 18.0 Å². The lowest BCUT2D eigenvalue weighted by molar-refractivity contribution is 0.474. The molecule has 108 valence electrons. The summed E-state index contributed by atoms with van der Waals surface area (Å²) in [6.07, 6.45) is 2.93. The average molecular weight is 279 g/mol. The summed E-state index contributed by atoms with van der Waals surface area (Å²) in [6.45, 7) is 2.86. The monoisotopic (exact) mass is 279 g/mol. The van der Waals surface area contributed by atoms with E-state index in [0.717, 1.165) is 18.7 Å². The van der Waals surface area contributed by atoms with Crippen LogP contribution in [-0.2, 0) is 13.0 Å². The van der Waals surface area contributed by atoms with Gasteiger partial charge in [-0.2, -0.15) is 5.10 Å². The van der Waals surface area contributed by atoms with Crippen molar-refractivity contribution < 1.29 is 8.78 Å². The van der Waals surface area contributed by atoms with Crippen molar-refractivity contribution in [3.8, 4) is 0 Å². The molecule has 0 fully saturated rings. The fourth-order valence-corrected chi connectivity index (χ4v) is 2.32. The molecule has 0 aliphatic rings. The smallest absolute Gasteiger partial charge is 0.129 e. The number of rotatable bonds is 6. The van der Waals surface area contributed by atoms with E-state index >= 15 is 0 Å². The van der Waals surface area contributed by atoms with Crippen LogP contribution in [0.15, 0.2) is 30.5 Å². The van der Waals surface area contributed by atoms with E-state index in [1.165, 1.54) is 18.2 Å². The summed E-state index contributed by atoms with van der Waals surface area (Å²) in [7, 11) is 1.78. The maximum atomic E-state index is 13.7. The van der Waals surface area contributed by atoms with Crippen LogP contribution in [0.4, 0.5) is 8.78 Å². The van der Waals surface area contributed by atoms with Crippen molar-refractivity contribution in [3.05, 3.63) is 53.4 Å². The summed E-state index contributed by atoms with van der Waals surface area (Å²) in [5.74, 6) is -1.02. The molecule has 20 heavy (non-hydrogen) atoms. The molecule has 0 saturated heterocycles. The molecule has 1 N–H and O–H groups in total. The van der Waals surface area contributed by atoms with Crippen molar-refractivity contribution in [2.24, 2.45) is 0 Å². The molecule has 1 heterocycles.